The molecular formula is C29H48N2O4. The molecule has 6 heteroatoms. The van der Waals surface area contributed by atoms with Crippen LogP contribution in [0.2, 0.25) is 0 Å². The minimum Gasteiger partial charge on any atom is -0.481 e. The average Bonchev–Trinajstić information content (AvgIpc) is 3.16. The third-order valence-electron chi connectivity index (χ3n) is 11.1. The summed E-state index contributed by atoms with van der Waals surface area (Å²) in [4.78, 5) is 37.5. The molecular weight excluding hydrogens is 440 g/mol. The van der Waals surface area contributed by atoms with Crippen molar-refractivity contribution >= 4 is 17.8 Å². The quantitative estimate of drug-likeness (QED) is 0.403. The number of likely N-dealkylation sites (tertiary alicyclic amines) is 1. The molecule has 4 fully saturated rings. The van der Waals surface area contributed by atoms with Crippen molar-refractivity contribution < 1.29 is 19.5 Å². The second-order valence-electron chi connectivity index (χ2n) is 12.8. The maximum absolute atomic E-state index is 12.5. The first-order valence-electron chi connectivity index (χ1n) is 14.4. The Hall–Kier alpha value is -1.59. The number of piperidine rings is 1. The highest BCUT2D eigenvalue weighted by molar-refractivity contribution is 5.77. The molecule has 35 heavy (non-hydrogen) atoms. The van der Waals surface area contributed by atoms with Crippen LogP contribution in [0.4, 0.5) is 0 Å². The van der Waals surface area contributed by atoms with E-state index in [1.807, 2.05) is 7.05 Å². The highest BCUT2D eigenvalue weighted by Gasteiger charge is 2.60. The van der Waals surface area contributed by atoms with Crippen molar-refractivity contribution in [2.75, 3.05) is 13.6 Å². The summed E-state index contributed by atoms with van der Waals surface area (Å²) in [5, 5.41) is 12.0. The number of rotatable bonds is 10. The van der Waals surface area contributed by atoms with Crippen LogP contribution in [-0.4, -0.2) is 47.4 Å². The Labute approximate surface area is 212 Å². The predicted molar refractivity (Wildman–Crippen MR) is 137 cm³/mol. The molecule has 0 spiro atoms. The van der Waals surface area contributed by atoms with Crippen LogP contribution >= 0.6 is 0 Å². The Morgan fingerprint density at radius 2 is 1.60 bits per heavy atom. The van der Waals surface area contributed by atoms with E-state index in [0.717, 1.165) is 69.2 Å². The van der Waals surface area contributed by atoms with Gasteiger partial charge in [0.1, 0.15) is 0 Å². The molecule has 7 atom stereocenters. The van der Waals surface area contributed by atoms with Gasteiger partial charge in [0.2, 0.25) is 11.8 Å². The fourth-order valence-electron chi connectivity index (χ4n) is 9.01. The van der Waals surface area contributed by atoms with Crippen LogP contribution in [0.15, 0.2) is 0 Å². The van der Waals surface area contributed by atoms with E-state index < -0.39 is 5.97 Å². The number of nitrogens with one attached hydrogen (secondary N) is 1. The summed E-state index contributed by atoms with van der Waals surface area (Å²) in [7, 11) is 2.03. The zero-order valence-corrected chi connectivity index (χ0v) is 22.3. The molecule has 1 saturated heterocycles. The van der Waals surface area contributed by atoms with E-state index in [-0.39, 0.29) is 17.7 Å². The summed E-state index contributed by atoms with van der Waals surface area (Å²) in [6.45, 7) is 5.82. The number of amides is 2. The second kappa shape index (κ2) is 10.8. The number of carbonyl (C=O) groups is 3. The van der Waals surface area contributed by atoms with Crippen molar-refractivity contribution in [2.24, 2.45) is 34.5 Å². The lowest BCUT2D eigenvalue weighted by atomic mass is 9.47. The van der Waals surface area contributed by atoms with Crippen LogP contribution in [-0.2, 0) is 14.4 Å². The first-order chi connectivity index (χ1) is 16.7. The Morgan fingerprint density at radius 1 is 0.914 bits per heavy atom. The molecule has 0 aromatic heterocycles. The number of carboxylic acids is 1. The molecule has 2 N–H and O–H groups in total. The van der Waals surface area contributed by atoms with E-state index in [4.69, 9.17) is 5.11 Å². The highest BCUT2D eigenvalue weighted by atomic mass is 16.4. The number of fused-ring (bicyclic) bond motifs is 5. The number of unbranched alkanes of at least 4 members (excludes halogenated alkanes) is 4. The fourth-order valence-corrected chi connectivity index (χ4v) is 9.01. The Balaban J connectivity index is 1.25. The SMILES string of the molecule is CN1C(=O)CC[C@@]2(C)C1CC[C@@H]1[C@H]2CC[C@]2(C)C(CNC(=O)CCCCCCCC(=O)O)CC[C@@H]12. The maximum Gasteiger partial charge on any atom is 0.303 e. The first-order valence-corrected chi connectivity index (χ1v) is 14.4. The van der Waals surface area contributed by atoms with Crippen LogP contribution in [0, 0.1) is 34.5 Å². The number of carboxylic acid groups (broad SMARTS) is 1. The summed E-state index contributed by atoms with van der Waals surface area (Å²) in [5.41, 5.74) is 0.602. The van der Waals surface area contributed by atoms with Crippen molar-refractivity contribution in [3.8, 4) is 0 Å². The normalized spacial score (nSPS) is 38.4. The summed E-state index contributed by atoms with van der Waals surface area (Å²) in [6.07, 6.45) is 14.7. The van der Waals surface area contributed by atoms with Gasteiger partial charge in [0.05, 0.1) is 0 Å². The number of carbonyl (C=O) groups excluding carboxylic acids is 2. The highest BCUT2D eigenvalue weighted by Crippen LogP contribution is 2.66. The average molecular weight is 489 g/mol. The zero-order chi connectivity index (χ0) is 25.2. The topological polar surface area (TPSA) is 86.7 Å². The standard InChI is InChI=1S/C29H48N2O4/c1-28-17-15-23-21(12-14-24-29(23,2)18-16-26(33)31(24)3)22(28)13-11-20(28)19-30-25(32)9-7-5-4-6-8-10-27(34)35/h20-24H,4-19H2,1-3H3,(H,30,32)(H,34,35)/t20?,21-,22-,23+,24?,28+,29+/m0/s1. The second-order valence-corrected chi connectivity index (χ2v) is 12.8. The summed E-state index contributed by atoms with van der Waals surface area (Å²) in [5.74, 6) is 2.64. The van der Waals surface area contributed by atoms with Gasteiger partial charge in [-0.15, -0.1) is 0 Å². The summed E-state index contributed by atoms with van der Waals surface area (Å²) < 4.78 is 0. The molecule has 0 aromatic rings. The predicted octanol–water partition coefficient (Wildman–Crippen LogP) is 5.40. The van der Waals surface area contributed by atoms with Crippen LogP contribution < -0.4 is 5.32 Å². The van der Waals surface area contributed by atoms with E-state index in [1.54, 1.807) is 0 Å². The van der Waals surface area contributed by atoms with Gasteiger partial charge >= 0.3 is 5.97 Å². The monoisotopic (exact) mass is 488 g/mol. The van der Waals surface area contributed by atoms with Gasteiger partial charge in [-0.1, -0.05) is 33.1 Å². The smallest absolute Gasteiger partial charge is 0.303 e. The minimum atomic E-state index is -0.722. The van der Waals surface area contributed by atoms with Gasteiger partial charge in [-0.2, -0.15) is 0 Å². The van der Waals surface area contributed by atoms with Crippen molar-refractivity contribution in [3.05, 3.63) is 0 Å². The molecule has 2 unspecified atom stereocenters. The Kier molecular flexibility index (Phi) is 8.17. The third kappa shape index (κ3) is 5.27. The molecule has 1 aliphatic heterocycles. The van der Waals surface area contributed by atoms with E-state index >= 15 is 0 Å². The number of hydrogen-bond acceptors (Lipinski definition) is 3. The summed E-state index contributed by atoms with van der Waals surface area (Å²) in [6, 6.07) is 0.419. The van der Waals surface area contributed by atoms with E-state index in [1.165, 1.54) is 32.1 Å². The largest absolute Gasteiger partial charge is 0.481 e. The van der Waals surface area contributed by atoms with E-state index in [2.05, 4.69) is 24.1 Å². The molecule has 3 saturated carbocycles. The molecule has 0 radical (unpaired) electrons. The Morgan fingerprint density at radius 3 is 2.34 bits per heavy atom. The molecule has 1 heterocycles. The van der Waals surface area contributed by atoms with Gasteiger partial charge in [0, 0.05) is 38.9 Å². The number of nitrogens with zero attached hydrogens (tertiary/aromatic N) is 1. The van der Waals surface area contributed by atoms with Gasteiger partial charge in [-0.3, -0.25) is 14.4 Å². The fraction of sp³-hybridized carbons (Fsp3) is 0.897. The Bertz CT molecular complexity index is 800. The van der Waals surface area contributed by atoms with Gasteiger partial charge in [0.15, 0.2) is 0 Å². The van der Waals surface area contributed by atoms with Crippen LogP contribution in [0.5, 0.6) is 0 Å². The number of hydrogen-bond donors (Lipinski definition) is 2. The van der Waals surface area contributed by atoms with Gasteiger partial charge < -0.3 is 15.3 Å². The third-order valence-corrected chi connectivity index (χ3v) is 11.1. The van der Waals surface area contributed by atoms with Crippen molar-refractivity contribution in [3.63, 3.8) is 0 Å². The van der Waals surface area contributed by atoms with Crippen molar-refractivity contribution in [1.29, 1.82) is 0 Å². The lowest BCUT2D eigenvalue weighted by molar-refractivity contribution is -0.158. The molecule has 3 aliphatic carbocycles. The van der Waals surface area contributed by atoms with E-state index in [0.29, 0.717) is 36.1 Å². The van der Waals surface area contributed by atoms with Crippen LogP contribution in [0.3, 0.4) is 0 Å². The van der Waals surface area contributed by atoms with Crippen LogP contribution in [0.1, 0.15) is 110 Å². The lowest BCUT2D eigenvalue weighted by Crippen LogP contribution is -2.61. The maximum atomic E-state index is 12.5. The van der Waals surface area contributed by atoms with Gasteiger partial charge in [0.25, 0.3) is 0 Å². The van der Waals surface area contributed by atoms with E-state index in [9.17, 15) is 14.4 Å². The zero-order valence-electron chi connectivity index (χ0n) is 22.3. The molecule has 2 amide bonds. The molecule has 4 aliphatic rings. The molecule has 0 bridgehead atoms. The van der Waals surface area contributed by atoms with Crippen molar-refractivity contribution in [2.45, 2.75) is 116 Å². The van der Waals surface area contributed by atoms with Crippen LogP contribution in [0.25, 0.3) is 0 Å². The first kappa shape index (κ1) is 26.5. The number of aliphatic carboxylic acids is 1. The molecule has 4 rings (SSSR count). The minimum absolute atomic E-state index is 0.180. The molecule has 6 nitrogen and oxygen atoms in total. The molecule has 198 valence electrons. The van der Waals surface area contributed by atoms with Gasteiger partial charge in [-0.05, 0) is 92.3 Å². The molecule has 0 aromatic carbocycles. The van der Waals surface area contributed by atoms with Crippen molar-refractivity contribution in [1.82, 2.24) is 10.2 Å². The lowest BCUT2D eigenvalue weighted by Gasteiger charge is -2.61. The van der Waals surface area contributed by atoms with Gasteiger partial charge in [-0.25, -0.2) is 0 Å². The summed E-state index contributed by atoms with van der Waals surface area (Å²) >= 11 is 0.